The zero-order valence-electron chi connectivity index (χ0n) is 12.6. The fraction of sp³-hybridized carbons (Fsp3) is 0.294. The molecule has 0 aliphatic heterocycles. The predicted octanol–water partition coefficient (Wildman–Crippen LogP) is 4.15. The molecule has 0 aromatic heterocycles. The van der Waals surface area contributed by atoms with E-state index >= 15 is 0 Å². The van der Waals surface area contributed by atoms with Crippen LogP contribution in [0.2, 0.25) is 5.02 Å². The van der Waals surface area contributed by atoms with Gasteiger partial charge in [0.05, 0.1) is 16.4 Å². The monoisotopic (exact) mass is 304 g/mol. The van der Waals surface area contributed by atoms with Gasteiger partial charge in [0.1, 0.15) is 5.75 Å². The number of para-hydroxylation sites is 1. The normalized spacial score (nSPS) is 12.0. The molecule has 0 fully saturated rings. The first-order chi connectivity index (χ1) is 9.97. The van der Waals surface area contributed by atoms with E-state index in [0.29, 0.717) is 5.75 Å². The lowest BCUT2D eigenvalue weighted by Crippen LogP contribution is -2.20. The Hall–Kier alpha value is -1.87. The van der Waals surface area contributed by atoms with Crippen molar-refractivity contribution in [1.82, 2.24) is 0 Å². The Balaban J connectivity index is 2.11. The van der Waals surface area contributed by atoms with E-state index in [1.165, 1.54) is 5.56 Å². The summed E-state index contributed by atoms with van der Waals surface area (Å²) in [5, 5.41) is 13.6. The zero-order valence-corrected chi connectivity index (χ0v) is 13.4. The van der Waals surface area contributed by atoms with Gasteiger partial charge in [-0.05, 0) is 43.2 Å². The predicted molar refractivity (Wildman–Crippen MR) is 90.7 cm³/mol. The molecule has 3 nitrogen and oxygen atoms in total. The van der Waals surface area contributed by atoms with E-state index in [4.69, 9.17) is 11.6 Å². The minimum Gasteiger partial charge on any atom is -0.508 e. The van der Waals surface area contributed by atoms with Crippen molar-refractivity contribution in [2.24, 2.45) is 0 Å². The molecule has 0 bridgehead atoms. The highest BCUT2D eigenvalue weighted by Gasteiger charge is 2.11. The number of rotatable bonds is 5. The quantitative estimate of drug-likeness (QED) is 0.871. The van der Waals surface area contributed by atoms with Crippen LogP contribution in [0.4, 0.5) is 11.4 Å². The molecule has 21 heavy (non-hydrogen) atoms. The topological polar surface area (TPSA) is 35.5 Å². The number of phenols is 1. The summed E-state index contributed by atoms with van der Waals surface area (Å²) in [7, 11) is 3.97. The smallest absolute Gasteiger partial charge is 0.115 e. The highest BCUT2D eigenvalue weighted by Crippen LogP contribution is 2.33. The van der Waals surface area contributed by atoms with Crippen molar-refractivity contribution < 1.29 is 5.11 Å². The summed E-state index contributed by atoms with van der Waals surface area (Å²) in [5.74, 6) is 0.295. The SMILES string of the molecule is CC(Cc1ccc(O)cc1)Nc1cccc(Cl)c1N(C)C. The van der Waals surface area contributed by atoms with Crippen molar-refractivity contribution in [3.05, 3.63) is 53.1 Å². The molecule has 0 radical (unpaired) electrons. The third kappa shape index (κ3) is 4.05. The van der Waals surface area contributed by atoms with E-state index in [9.17, 15) is 5.11 Å². The Labute approximate surface area is 131 Å². The highest BCUT2D eigenvalue weighted by molar-refractivity contribution is 6.34. The molecule has 2 rings (SSSR count). The molecule has 4 heteroatoms. The Bertz CT molecular complexity index is 596. The molecular weight excluding hydrogens is 284 g/mol. The number of halogens is 1. The summed E-state index contributed by atoms with van der Waals surface area (Å²) in [5.41, 5.74) is 3.21. The van der Waals surface area contributed by atoms with Crippen LogP contribution in [-0.2, 0) is 6.42 Å². The molecule has 1 atom stereocenters. The molecule has 2 aromatic rings. The van der Waals surface area contributed by atoms with Crippen LogP contribution in [-0.4, -0.2) is 25.2 Å². The number of benzene rings is 2. The molecule has 0 aliphatic rings. The number of nitrogens with one attached hydrogen (secondary N) is 1. The molecule has 1 unspecified atom stereocenters. The van der Waals surface area contributed by atoms with Gasteiger partial charge in [0.15, 0.2) is 0 Å². The van der Waals surface area contributed by atoms with Gasteiger partial charge in [-0.1, -0.05) is 29.8 Å². The highest BCUT2D eigenvalue weighted by atomic mass is 35.5. The summed E-state index contributed by atoms with van der Waals surface area (Å²) in [4.78, 5) is 2.01. The Morgan fingerprint density at radius 1 is 1.14 bits per heavy atom. The van der Waals surface area contributed by atoms with E-state index in [1.807, 2.05) is 49.3 Å². The first-order valence-electron chi connectivity index (χ1n) is 6.97. The van der Waals surface area contributed by atoms with Gasteiger partial charge in [0.25, 0.3) is 0 Å². The van der Waals surface area contributed by atoms with Crippen molar-refractivity contribution in [3.8, 4) is 5.75 Å². The van der Waals surface area contributed by atoms with E-state index in [0.717, 1.165) is 22.8 Å². The van der Waals surface area contributed by atoms with Crippen LogP contribution in [0, 0.1) is 0 Å². The Morgan fingerprint density at radius 3 is 2.43 bits per heavy atom. The third-order valence-electron chi connectivity index (χ3n) is 3.31. The van der Waals surface area contributed by atoms with Gasteiger partial charge >= 0.3 is 0 Å². The van der Waals surface area contributed by atoms with Crippen LogP contribution in [0.1, 0.15) is 12.5 Å². The van der Waals surface area contributed by atoms with Crippen LogP contribution in [0.5, 0.6) is 5.75 Å². The fourth-order valence-electron chi connectivity index (χ4n) is 2.39. The number of hydrogen-bond donors (Lipinski definition) is 2. The van der Waals surface area contributed by atoms with E-state index in [-0.39, 0.29) is 6.04 Å². The van der Waals surface area contributed by atoms with Crippen molar-refractivity contribution in [2.45, 2.75) is 19.4 Å². The van der Waals surface area contributed by atoms with Crippen molar-refractivity contribution >= 4 is 23.0 Å². The van der Waals surface area contributed by atoms with Gasteiger partial charge in [0, 0.05) is 20.1 Å². The second-order valence-electron chi connectivity index (χ2n) is 5.45. The van der Waals surface area contributed by atoms with Gasteiger partial charge < -0.3 is 15.3 Å². The Kier molecular flexibility index (Phi) is 4.97. The van der Waals surface area contributed by atoms with Gasteiger partial charge in [-0.3, -0.25) is 0 Å². The van der Waals surface area contributed by atoms with E-state index in [1.54, 1.807) is 12.1 Å². The van der Waals surface area contributed by atoms with Crippen LogP contribution in [0.3, 0.4) is 0 Å². The maximum Gasteiger partial charge on any atom is 0.115 e. The molecule has 0 spiro atoms. The molecule has 0 aliphatic carbocycles. The number of phenolic OH excluding ortho intramolecular Hbond substituents is 1. The molecule has 0 heterocycles. The zero-order chi connectivity index (χ0) is 15.4. The Morgan fingerprint density at radius 2 is 1.81 bits per heavy atom. The van der Waals surface area contributed by atoms with Crippen LogP contribution < -0.4 is 10.2 Å². The molecule has 112 valence electrons. The van der Waals surface area contributed by atoms with Crippen molar-refractivity contribution in [1.29, 1.82) is 0 Å². The third-order valence-corrected chi connectivity index (χ3v) is 3.62. The summed E-state index contributed by atoms with van der Waals surface area (Å²) in [6.45, 7) is 2.13. The molecule has 0 saturated carbocycles. The number of aromatic hydroxyl groups is 1. The van der Waals surface area contributed by atoms with Gasteiger partial charge in [0.2, 0.25) is 0 Å². The fourth-order valence-corrected chi connectivity index (χ4v) is 2.73. The summed E-state index contributed by atoms with van der Waals surface area (Å²) in [6, 6.07) is 13.5. The molecule has 0 amide bonds. The molecule has 0 saturated heterocycles. The van der Waals surface area contributed by atoms with Gasteiger partial charge in [-0.2, -0.15) is 0 Å². The molecule has 2 N–H and O–H groups in total. The molecule has 2 aromatic carbocycles. The number of nitrogens with zero attached hydrogens (tertiary/aromatic N) is 1. The lowest BCUT2D eigenvalue weighted by molar-refractivity contribution is 0.475. The second kappa shape index (κ2) is 6.72. The van der Waals surface area contributed by atoms with E-state index in [2.05, 4.69) is 12.2 Å². The summed E-state index contributed by atoms with van der Waals surface area (Å²) in [6.07, 6.45) is 0.875. The average molecular weight is 305 g/mol. The second-order valence-corrected chi connectivity index (χ2v) is 5.85. The maximum atomic E-state index is 9.32. The summed E-state index contributed by atoms with van der Waals surface area (Å²) >= 11 is 6.28. The minimum atomic E-state index is 0.256. The number of hydrogen-bond acceptors (Lipinski definition) is 3. The number of anilines is 2. The first-order valence-corrected chi connectivity index (χ1v) is 7.35. The summed E-state index contributed by atoms with van der Waals surface area (Å²) < 4.78 is 0. The largest absolute Gasteiger partial charge is 0.508 e. The van der Waals surface area contributed by atoms with Gasteiger partial charge in [-0.25, -0.2) is 0 Å². The maximum absolute atomic E-state index is 9.32. The van der Waals surface area contributed by atoms with Crippen molar-refractivity contribution in [3.63, 3.8) is 0 Å². The lowest BCUT2D eigenvalue weighted by Gasteiger charge is -2.23. The van der Waals surface area contributed by atoms with E-state index < -0.39 is 0 Å². The minimum absolute atomic E-state index is 0.256. The first kappa shape index (κ1) is 15.5. The molecular formula is C17H21ClN2O. The average Bonchev–Trinajstić information content (AvgIpc) is 2.41. The van der Waals surface area contributed by atoms with Gasteiger partial charge in [-0.15, -0.1) is 0 Å². The van der Waals surface area contributed by atoms with Crippen molar-refractivity contribution in [2.75, 3.05) is 24.3 Å². The van der Waals surface area contributed by atoms with Crippen LogP contribution >= 0.6 is 11.6 Å². The standard InChI is InChI=1S/C17H21ClN2O/c1-12(11-13-7-9-14(21)10-8-13)19-16-6-4-5-15(18)17(16)20(2)3/h4-10,12,19,21H,11H2,1-3H3. The lowest BCUT2D eigenvalue weighted by atomic mass is 10.1. The van der Waals surface area contributed by atoms with Crippen LogP contribution in [0.15, 0.2) is 42.5 Å². The van der Waals surface area contributed by atoms with Crippen LogP contribution in [0.25, 0.3) is 0 Å².